The van der Waals surface area contributed by atoms with Crippen molar-refractivity contribution in [1.29, 1.82) is 0 Å². The zero-order chi connectivity index (χ0) is 19.4. The van der Waals surface area contributed by atoms with Gasteiger partial charge in [0.25, 0.3) is 0 Å². The van der Waals surface area contributed by atoms with Crippen molar-refractivity contribution in [3.63, 3.8) is 0 Å². The molecule has 0 spiro atoms. The van der Waals surface area contributed by atoms with E-state index < -0.39 is 22.0 Å². The van der Waals surface area contributed by atoms with Gasteiger partial charge in [-0.15, -0.1) is 0 Å². The summed E-state index contributed by atoms with van der Waals surface area (Å²) in [5.74, 6) is 0.244. The van der Waals surface area contributed by atoms with E-state index in [4.69, 9.17) is 4.74 Å². The average molecular weight is 407 g/mol. The van der Waals surface area contributed by atoms with Crippen LogP contribution in [0.3, 0.4) is 0 Å². The van der Waals surface area contributed by atoms with Crippen LogP contribution in [0.5, 0.6) is 5.75 Å². The molecule has 27 heavy (non-hydrogen) atoms. The molecule has 0 aliphatic carbocycles. The van der Waals surface area contributed by atoms with Crippen molar-refractivity contribution in [2.24, 2.45) is 0 Å². The van der Waals surface area contributed by atoms with E-state index in [1.54, 1.807) is 6.92 Å². The van der Waals surface area contributed by atoms with Crippen LogP contribution in [0.4, 0.5) is 0 Å². The predicted molar refractivity (Wildman–Crippen MR) is 107 cm³/mol. The molecular weight excluding hydrogens is 371 g/mol. The Bertz CT molecular complexity index is 617. The number of ether oxygens (including phenoxy) is 1. The van der Waals surface area contributed by atoms with Crippen molar-refractivity contribution < 1.29 is 47.3 Å². The molecule has 0 bridgehead atoms. The van der Waals surface area contributed by atoms with Crippen molar-refractivity contribution in [1.82, 2.24) is 0 Å². The summed E-state index contributed by atoms with van der Waals surface area (Å²) in [5.41, 5.74) is 2.32. The van der Waals surface area contributed by atoms with Crippen LogP contribution in [0, 0.1) is 0 Å². The fourth-order valence-corrected chi connectivity index (χ4v) is 3.75. The Morgan fingerprint density at radius 2 is 1.56 bits per heavy atom. The Labute approximate surface area is 188 Å². The normalized spacial score (nSPS) is 12.4. The first-order valence-electron chi connectivity index (χ1n) is 10.1. The van der Waals surface area contributed by atoms with Gasteiger partial charge in [-0.05, 0) is 49.8 Å². The summed E-state index contributed by atoms with van der Waals surface area (Å²) in [6, 6.07) is 6.30. The summed E-state index contributed by atoms with van der Waals surface area (Å²) in [6.07, 6.45) is 10.8. The summed E-state index contributed by atoms with van der Waals surface area (Å²) < 4.78 is 38.9. The number of benzene rings is 1. The molecule has 1 aromatic carbocycles. The summed E-state index contributed by atoms with van der Waals surface area (Å²) in [5, 5.41) is 0. The maximum atomic E-state index is 11.0. The summed E-state index contributed by atoms with van der Waals surface area (Å²) in [6.45, 7) is 6.03. The SMILES string of the molecule is CCCCCCc1ccc(CCCCCC)c(OC(C)CS(=O)(=O)[O-])c1.[Na+]. The topological polar surface area (TPSA) is 66.4 Å². The molecule has 0 aliphatic heterocycles. The number of hydrogen-bond donors (Lipinski definition) is 0. The Kier molecular flexibility index (Phi) is 14.8. The Morgan fingerprint density at radius 3 is 2.11 bits per heavy atom. The smallest absolute Gasteiger partial charge is 0.748 e. The average Bonchev–Trinajstić information content (AvgIpc) is 2.55. The minimum Gasteiger partial charge on any atom is -0.748 e. The molecule has 1 unspecified atom stereocenters. The first-order valence-corrected chi connectivity index (χ1v) is 11.7. The monoisotopic (exact) mass is 406 g/mol. The van der Waals surface area contributed by atoms with Crippen molar-refractivity contribution in [3.8, 4) is 5.75 Å². The van der Waals surface area contributed by atoms with Gasteiger partial charge >= 0.3 is 29.6 Å². The molecule has 0 radical (unpaired) electrons. The van der Waals surface area contributed by atoms with Gasteiger partial charge < -0.3 is 9.29 Å². The molecule has 6 heteroatoms. The molecule has 0 aliphatic rings. The molecule has 0 amide bonds. The Hall–Kier alpha value is -0.0700. The van der Waals surface area contributed by atoms with Crippen molar-refractivity contribution >= 4 is 10.1 Å². The van der Waals surface area contributed by atoms with Gasteiger partial charge in [0, 0.05) is 0 Å². The van der Waals surface area contributed by atoms with Gasteiger partial charge in [-0.1, -0.05) is 64.5 Å². The number of rotatable bonds is 14. The molecular formula is C21H35NaO4S. The van der Waals surface area contributed by atoms with E-state index in [9.17, 15) is 13.0 Å². The third-order valence-electron chi connectivity index (χ3n) is 4.52. The van der Waals surface area contributed by atoms with Gasteiger partial charge in [0.1, 0.15) is 11.9 Å². The third kappa shape index (κ3) is 12.9. The second kappa shape index (κ2) is 14.9. The summed E-state index contributed by atoms with van der Waals surface area (Å²) >= 11 is 0. The molecule has 150 valence electrons. The quantitative estimate of drug-likeness (QED) is 0.270. The van der Waals surface area contributed by atoms with Gasteiger partial charge in [-0.3, -0.25) is 0 Å². The van der Waals surface area contributed by atoms with Crippen molar-refractivity contribution in [2.45, 2.75) is 91.1 Å². The van der Waals surface area contributed by atoms with Crippen molar-refractivity contribution in [3.05, 3.63) is 29.3 Å². The summed E-state index contributed by atoms with van der Waals surface area (Å²) in [7, 11) is -4.29. The zero-order valence-corrected chi connectivity index (χ0v) is 20.4. The van der Waals surface area contributed by atoms with E-state index in [2.05, 4.69) is 26.0 Å². The first kappa shape index (κ1) is 26.9. The second-order valence-electron chi connectivity index (χ2n) is 7.22. The maximum Gasteiger partial charge on any atom is 1.00 e. The summed E-state index contributed by atoms with van der Waals surface area (Å²) in [4.78, 5) is 0. The standard InChI is InChI=1S/C21H36O4S.Na/c1-4-6-8-10-12-19-14-15-20(13-11-9-7-5-2)21(16-19)25-18(3)17-26(22,23)24;/h14-16,18H,4-13,17H2,1-3H3,(H,22,23,24);/q;+1/p-1. The first-order chi connectivity index (χ1) is 12.4. The molecule has 0 aromatic heterocycles. The molecule has 1 atom stereocenters. The molecule has 1 rings (SSSR count). The fourth-order valence-electron chi connectivity index (χ4n) is 3.11. The van der Waals surface area contributed by atoms with Gasteiger partial charge in [0.05, 0.1) is 15.9 Å². The van der Waals surface area contributed by atoms with Crippen LogP contribution in [-0.2, 0) is 23.0 Å². The van der Waals surface area contributed by atoms with E-state index in [-0.39, 0.29) is 29.6 Å². The van der Waals surface area contributed by atoms with Gasteiger partial charge in [-0.2, -0.15) is 0 Å². The van der Waals surface area contributed by atoms with E-state index >= 15 is 0 Å². The molecule has 0 heterocycles. The molecule has 0 fully saturated rings. The zero-order valence-electron chi connectivity index (χ0n) is 17.6. The van der Waals surface area contributed by atoms with Crippen LogP contribution in [0.15, 0.2) is 18.2 Å². The van der Waals surface area contributed by atoms with Gasteiger partial charge in [-0.25, -0.2) is 8.42 Å². The minimum absolute atomic E-state index is 0. The Balaban J connectivity index is 0.00000676. The van der Waals surface area contributed by atoms with Crippen LogP contribution >= 0.6 is 0 Å². The van der Waals surface area contributed by atoms with Gasteiger partial charge in [0.2, 0.25) is 0 Å². The molecule has 0 saturated heterocycles. The van der Waals surface area contributed by atoms with Crippen LogP contribution in [-0.4, -0.2) is 24.8 Å². The van der Waals surface area contributed by atoms with Crippen LogP contribution in [0.2, 0.25) is 0 Å². The number of aryl methyl sites for hydroxylation is 2. The predicted octanol–water partition coefficient (Wildman–Crippen LogP) is 2.25. The van der Waals surface area contributed by atoms with Crippen molar-refractivity contribution in [2.75, 3.05) is 5.75 Å². The van der Waals surface area contributed by atoms with Crippen LogP contribution in [0.25, 0.3) is 0 Å². The second-order valence-corrected chi connectivity index (χ2v) is 8.66. The third-order valence-corrected chi connectivity index (χ3v) is 5.39. The fraction of sp³-hybridized carbons (Fsp3) is 0.714. The Morgan fingerprint density at radius 1 is 0.963 bits per heavy atom. The van der Waals surface area contributed by atoms with E-state index in [0.29, 0.717) is 0 Å². The van der Waals surface area contributed by atoms with E-state index in [1.807, 2.05) is 6.07 Å². The molecule has 1 aromatic rings. The molecule has 0 saturated carbocycles. The van der Waals surface area contributed by atoms with E-state index in [0.717, 1.165) is 37.0 Å². The van der Waals surface area contributed by atoms with Crippen LogP contribution < -0.4 is 34.3 Å². The largest absolute Gasteiger partial charge is 1.00 e. The van der Waals surface area contributed by atoms with E-state index in [1.165, 1.54) is 44.1 Å². The molecule has 0 N–H and O–H groups in total. The maximum absolute atomic E-state index is 11.0. The van der Waals surface area contributed by atoms with Gasteiger partial charge in [0.15, 0.2) is 0 Å². The number of unbranched alkanes of at least 4 members (excludes halogenated alkanes) is 6. The van der Waals surface area contributed by atoms with Crippen LogP contribution in [0.1, 0.15) is 83.3 Å². The number of hydrogen-bond acceptors (Lipinski definition) is 4. The molecule has 4 nitrogen and oxygen atoms in total. The minimum atomic E-state index is -4.29.